The van der Waals surface area contributed by atoms with Crippen molar-refractivity contribution in [2.75, 3.05) is 0 Å². The molecule has 0 spiro atoms. The molecule has 0 radical (unpaired) electrons. The van der Waals surface area contributed by atoms with Gasteiger partial charge in [-0.05, 0) is 37.3 Å². The highest BCUT2D eigenvalue weighted by Crippen LogP contribution is 2.21. The maximum Gasteiger partial charge on any atom is 0.129 e. The predicted molar refractivity (Wildman–Crippen MR) is 64.1 cm³/mol. The standard InChI is InChI=1S/C14H20O/c1-11(2)9-12-5-7-13(8-6-12)14(3,4)10-15/h5-8,10-11H,9H2,1-4H3. The summed E-state index contributed by atoms with van der Waals surface area (Å²) >= 11 is 0. The van der Waals surface area contributed by atoms with Crippen LogP contribution in [0.1, 0.15) is 38.8 Å². The Hall–Kier alpha value is -1.11. The number of aldehydes is 1. The van der Waals surface area contributed by atoms with Crippen molar-refractivity contribution in [3.8, 4) is 0 Å². The molecule has 0 saturated carbocycles. The summed E-state index contributed by atoms with van der Waals surface area (Å²) in [5.74, 6) is 0.676. The highest BCUT2D eigenvalue weighted by Gasteiger charge is 2.18. The van der Waals surface area contributed by atoms with E-state index in [9.17, 15) is 4.79 Å². The summed E-state index contributed by atoms with van der Waals surface area (Å²) in [6.45, 7) is 8.31. The number of hydrogen-bond acceptors (Lipinski definition) is 1. The number of rotatable bonds is 4. The van der Waals surface area contributed by atoms with Crippen molar-refractivity contribution in [3.05, 3.63) is 35.4 Å². The molecule has 0 aliphatic carbocycles. The normalized spacial score (nSPS) is 11.8. The Kier molecular flexibility index (Phi) is 3.67. The number of hydrogen-bond donors (Lipinski definition) is 0. The van der Waals surface area contributed by atoms with Gasteiger partial charge in [0.15, 0.2) is 0 Å². The van der Waals surface area contributed by atoms with E-state index in [0.717, 1.165) is 18.3 Å². The van der Waals surface area contributed by atoms with Crippen molar-refractivity contribution < 1.29 is 4.79 Å². The van der Waals surface area contributed by atoms with E-state index in [1.54, 1.807) is 0 Å². The molecule has 1 nitrogen and oxygen atoms in total. The lowest BCUT2D eigenvalue weighted by Gasteiger charge is -2.17. The van der Waals surface area contributed by atoms with Gasteiger partial charge in [-0.1, -0.05) is 38.1 Å². The second-order valence-electron chi connectivity index (χ2n) is 5.13. The molecule has 0 atom stereocenters. The molecule has 15 heavy (non-hydrogen) atoms. The summed E-state index contributed by atoms with van der Waals surface area (Å²) < 4.78 is 0. The minimum absolute atomic E-state index is 0.365. The molecule has 0 aliphatic rings. The maximum atomic E-state index is 10.9. The third kappa shape index (κ3) is 3.19. The maximum absolute atomic E-state index is 10.9. The van der Waals surface area contributed by atoms with Crippen molar-refractivity contribution in [3.63, 3.8) is 0 Å². The topological polar surface area (TPSA) is 17.1 Å². The molecule has 0 N–H and O–H groups in total. The molecule has 0 fully saturated rings. The van der Waals surface area contributed by atoms with E-state index in [0.29, 0.717) is 5.92 Å². The van der Waals surface area contributed by atoms with Gasteiger partial charge in [-0.25, -0.2) is 0 Å². The van der Waals surface area contributed by atoms with Crippen molar-refractivity contribution in [1.82, 2.24) is 0 Å². The molecule has 1 rings (SSSR count). The van der Waals surface area contributed by atoms with Gasteiger partial charge in [0.2, 0.25) is 0 Å². The van der Waals surface area contributed by atoms with Gasteiger partial charge in [0.25, 0.3) is 0 Å². The van der Waals surface area contributed by atoms with Gasteiger partial charge in [0.05, 0.1) is 0 Å². The molecule has 0 bridgehead atoms. The predicted octanol–water partition coefficient (Wildman–Crippen LogP) is 3.36. The molecule has 0 aliphatic heterocycles. The fraction of sp³-hybridized carbons (Fsp3) is 0.500. The highest BCUT2D eigenvalue weighted by molar-refractivity contribution is 5.67. The van der Waals surface area contributed by atoms with Gasteiger partial charge < -0.3 is 4.79 Å². The smallest absolute Gasteiger partial charge is 0.129 e. The zero-order valence-corrected chi connectivity index (χ0v) is 10.1. The minimum Gasteiger partial charge on any atom is -0.302 e. The van der Waals surface area contributed by atoms with Gasteiger partial charge in [-0.15, -0.1) is 0 Å². The summed E-state index contributed by atoms with van der Waals surface area (Å²) in [4.78, 5) is 10.9. The van der Waals surface area contributed by atoms with Gasteiger partial charge >= 0.3 is 0 Å². The fourth-order valence-electron chi connectivity index (χ4n) is 1.61. The van der Waals surface area contributed by atoms with Crippen LogP contribution < -0.4 is 0 Å². The lowest BCUT2D eigenvalue weighted by Crippen LogP contribution is -2.18. The van der Waals surface area contributed by atoms with Crippen LogP contribution in [0.25, 0.3) is 0 Å². The van der Waals surface area contributed by atoms with Crippen LogP contribution in [0.4, 0.5) is 0 Å². The molecule has 0 aromatic heterocycles. The quantitative estimate of drug-likeness (QED) is 0.687. The molecule has 0 heterocycles. The number of carbonyl (C=O) groups is 1. The largest absolute Gasteiger partial charge is 0.302 e. The Morgan fingerprint density at radius 3 is 2.13 bits per heavy atom. The first-order valence-electron chi connectivity index (χ1n) is 5.51. The lowest BCUT2D eigenvalue weighted by atomic mass is 9.85. The van der Waals surface area contributed by atoms with E-state index in [2.05, 4.69) is 38.1 Å². The van der Waals surface area contributed by atoms with E-state index in [4.69, 9.17) is 0 Å². The molecule has 1 heteroatoms. The third-order valence-corrected chi connectivity index (χ3v) is 2.64. The first kappa shape index (κ1) is 12.0. The minimum atomic E-state index is -0.365. The summed E-state index contributed by atoms with van der Waals surface area (Å²) in [6.07, 6.45) is 2.10. The summed E-state index contributed by atoms with van der Waals surface area (Å²) in [6, 6.07) is 8.37. The van der Waals surface area contributed by atoms with E-state index in [1.807, 2.05) is 13.8 Å². The highest BCUT2D eigenvalue weighted by atomic mass is 16.1. The van der Waals surface area contributed by atoms with Gasteiger partial charge in [0, 0.05) is 5.41 Å². The average molecular weight is 204 g/mol. The fourth-order valence-corrected chi connectivity index (χ4v) is 1.61. The van der Waals surface area contributed by atoms with E-state index in [1.165, 1.54) is 5.56 Å². The first-order valence-corrected chi connectivity index (χ1v) is 5.51. The van der Waals surface area contributed by atoms with Crippen molar-refractivity contribution >= 4 is 6.29 Å². The van der Waals surface area contributed by atoms with Crippen LogP contribution in [-0.2, 0) is 16.6 Å². The lowest BCUT2D eigenvalue weighted by molar-refractivity contribution is -0.111. The molecule has 0 saturated heterocycles. The van der Waals surface area contributed by atoms with Crippen LogP contribution in [-0.4, -0.2) is 6.29 Å². The molecular formula is C14H20O. The number of carbonyl (C=O) groups excluding carboxylic acids is 1. The van der Waals surface area contributed by atoms with E-state index in [-0.39, 0.29) is 5.41 Å². The van der Waals surface area contributed by atoms with Crippen LogP contribution in [0.2, 0.25) is 0 Å². The van der Waals surface area contributed by atoms with Crippen molar-refractivity contribution in [1.29, 1.82) is 0 Å². The van der Waals surface area contributed by atoms with Gasteiger partial charge in [0.1, 0.15) is 6.29 Å². The van der Waals surface area contributed by atoms with Crippen LogP contribution >= 0.6 is 0 Å². The molecule has 1 aromatic carbocycles. The van der Waals surface area contributed by atoms with Crippen LogP contribution in [0.5, 0.6) is 0 Å². The van der Waals surface area contributed by atoms with E-state index >= 15 is 0 Å². The first-order chi connectivity index (χ1) is 6.95. The second-order valence-corrected chi connectivity index (χ2v) is 5.13. The third-order valence-electron chi connectivity index (χ3n) is 2.64. The van der Waals surface area contributed by atoms with E-state index < -0.39 is 0 Å². The van der Waals surface area contributed by atoms with Crippen molar-refractivity contribution in [2.45, 2.75) is 39.5 Å². The van der Waals surface area contributed by atoms with Crippen LogP contribution in [0.3, 0.4) is 0 Å². The Morgan fingerprint density at radius 1 is 1.20 bits per heavy atom. The second kappa shape index (κ2) is 4.61. The average Bonchev–Trinajstić information content (AvgIpc) is 2.18. The molecule has 1 aromatic rings. The van der Waals surface area contributed by atoms with Gasteiger partial charge in [-0.2, -0.15) is 0 Å². The Balaban J connectivity index is 2.85. The Bertz CT molecular complexity index is 320. The van der Waals surface area contributed by atoms with Crippen molar-refractivity contribution in [2.24, 2.45) is 5.92 Å². The monoisotopic (exact) mass is 204 g/mol. The zero-order chi connectivity index (χ0) is 11.5. The number of benzene rings is 1. The summed E-state index contributed by atoms with van der Waals surface area (Å²) in [5, 5.41) is 0. The summed E-state index contributed by atoms with van der Waals surface area (Å²) in [5.41, 5.74) is 2.07. The molecular weight excluding hydrogens is 184 g/mol. The SMILES string of the molecule is CC(C)Cc1ccc(C(C)(C)C=O)cc1. The van der Waals surface area contributed by atoms with Gasteiger partial charge in [-0.3, -0.25) is 0 Å². The van der Waals surface area contributed by atoms with Crippen LogP contribution in [0, 0.1) is 5.92 Å². The Labute approximate surface area is 92.5 Å². The zero-order valence-electron chi connectivity index (χ0n) is 10.1. The molecule has 0 amide bonds. The molecule has 82 valence electrons. The summed E-state index contributed by atoms with van der Waals surface area (Å²) in [7, 11) is 0. The Morgan fingerprint density at radius 2 is 1.73 bits per heavy atom. The molecule has 0 unspecified atom stereocenters. The van der Waals surface area contributed by atoms with Crippen LogP contribution in [0.15, 0.2) is 24.3 Å².